The van der Waals surface area contributed by atoms with Gasteiger partial charge in [0.2, 0.25) is 0 Å². The second kappa shape index (κ2) is 7.53. The zero-order valence-electron chi connectivity index (χ0n) is 12.1. The minimum absolute atomic E-state index is 0.838. The van der Waals surface area contributed by atoms with E-state index >= 15 is 0 Å². The fraction of sp³-hybridized carbons (Fsp3) is 0. The first-order valence-electron chi connectivity index (χ1n) is 7.11. The summed E-state index contributed by atoms with van der Waals surface area (Å²) in [4.78, 5) is 1.20. The molecule has 0 bridgehead atoms. The molecule has 22 heavy (non-hydrogen) atoms. The topological polar surface area (TPSA) is 9.23 Å². The zero-order chi connectivity index (χ0) is 15.0. The Hall–Kier alpha value is -2.45. The van der Waals surface area contributed by atoms with E-state index in [-0.39, 0.29) is 0 Å². The molecule has 0 fully saturated rings. The Balaban J connectivity index is 1.57. The zero-order valence-corrected chi connectivity index (χ0v) is 12.9. The summed E-state index contributed by atoms with van der Waals surface area (Å²) in [6, 6.07) is 28.7. The molecule has 0 heterocycles. The fourth-order valence-electron chi connectivity index (χ4n) is 2.07. The predicted molar refractivity (Wildman–Crippen MR) is 93.9 cm³/mol. The summed E-state index contributed by atoms with van der Waals surface area (Å²) in [5, 5.41) is 1.94. The van der Waals surface area contributed by atoms with E-state index in [2.05, 4.69) is 36.4 Å². The number of hydrogen-bond donors (Lipinski definition) is 0. The van der Waals surface area contributed by atoms with E-state index < -0.39 is 0 Å². The van der Waals surface area contributed by atoms with Crippen molar-refractivity contribution in [2.75, 3.05) is 0 Å². The van der Waals surface area contributed by atoms with Crippen LogP contribution in [0.2, 0.25) is 0 Å². The molecule has 0 N–H and O–H groups in total. The van der Waals surface area contributed by atoms with Gasteiger partial charge in [0.1, 0.15) is 5.75 Å². The van der Waals surface area contributed by atoms with Crippen molar-refractivity contribution in [2.24, 2.45) is 0 Å². The van der Waals surface area contributed by atoms with Crippen molar-refractivity contribution in [1.82, 2.24) is 0 Å². The highest BCUT2D eigenvalue weighted by Gasteiger charge is 1.97. The quantitative estimate of drug-likeness (QED) is 0.422. The highest BCUT2D eigenvalue weighted by molar-refractivity contribution is 8.02. The molecule has 3 aromatic rings. The first-order valence-corrected chi connectivity index (χ1v) is 7.99. The normalized spacial score (nSPS) is 10.7. The molecule has 0 atom stereocenters. The van der Waals surface area contributed by atoms with Gasteiger partial charge in [-0.1, -0.05) is 72.4 Å². The van der Waals surface area contributed by atoms with Crippen LogP contribution < -0.4 is 4.74 Å². The minimum Gasteiger partial charge on any atom is -0.464 e. The SMILES string of the molecule is C(=CSc1ccccc1)Oc1ccc(-c2ccccc2)cc1. The number of hydrogen-bond acceptors (Lipinski definition) is 2. The lowest BCUT2D eigenvalue weighted by atomic mass is 10.1. The second-order valence-electron chi connectivity index (χ2n) is 4.71. The Morgan fingerprint density at radius 3 is 1.91 bits per heavy atom. The van der Waals surface area contributed by atoms with E-state index in [1.54, 1.807) is 18.0 Å². The van der Waals surface area contributed by atoms with E-state index in [0.29, 0.717) is 0 Å². The maximum atomic E-state index is 5.62. The third kappa shape index (κ3) is 4.03. The van der Waals surface area contributed by atoms with Gasteiger partial charge in [-0.25, -0.2) is 0 Å². The largest absolute Gasteiger partial charge is 0.464 e. The lowest BCUT2D eigenvalue weighted by molar-refractivity contribution is 0.483. The number of rotatable bonds is 5. The maximum absolute atomic E-state index is 5.62. The van der Waals surface area contributed by atoms with Crippen molar-refractivity contribution in [3.63, 3.8) is 0 Å². The number of benzene rings is 3. The average Bonchev–Trinajstić information content (AvgIpc) is 2.61. The van der Waals surface area contributed by atoms with Crippen LogP contribution in [0.3, 0.4) is 0 Å². The van der Waals surface area contributed by atoms with E-state index in [0.717, 1.165) is 5.75 Å². The molecule has 108 valence electrons. The summed E-state index contributed by atoms with van der Waals surface area (Å²) in [5.74, 6) is 0.838. The van der Waals surface area contributed by atoms with E-state index in [9.17, 15) is 0 Å². The van der Waals surface area contributed by atoms with Crippen LogP contribution in [0.15, 0.2) is 101 Å². The van der Waals surface area contributed by atoms with E-state index in [4.69, 9.17) is 4.74 Å². The van der Waals surface area contributed by atoms with Crippen LogP contribution in [-0.2, 0) is 0 Å². The Morgan fingerprint density at radius 2 is 1.23 bits per heavy atom. The molecule has 3 rings (SSSR count). The van der Waals surface area contributed by atoms with Gasteiger partial charge in [-0.05, 0) is 35.4 Å². The van der Waals surface area contributed by atoms with Gasteiger partial charge in [-0.3, -0.25) is 0 Å². The van der Waals surface area contributed by atoms with Gasteiger partial charge in [0, 0.05) is 10.3 Å². The Morgan fingerprint density at radius 1 is 0.636 bits per heavy atom. The molecule has 0 unspecified atom stereocenters. The Bertz CT molecular complexity index is 719. The molecule has 0 saturated heterocycles. The molecule has 3 aromatic carbocycles. The van der Waals surface area contributed by atoms with Crippen molar-refractivity contribution >= 4 is 11.8 Å². The van der Waals surface area contributed by atoms with E-state index in [1.165, 1.54) is 16.0 Å². The van der Waals surface area contributed by atoms with Crippen LogP contribution in [0.4, 0.5) is 0 Å². The van der Waals surface area contributed by atoms with Gasteiger partial charge in [-0.2, -0.15) is 0 Å². The summed E-state index contributed by atoms with van der Waals surface area (Å²) in [6.45, 7) is 0. The molecule has 0 aliphatic heterocycles. The number of ether oxygens (including phenoxy) is 1. The molecule has 1 nitrogen and oxygen atoms in total. The van der Waals surface area contributed by atoms with Crippen LogP contribution >= 0.6 is 11.8 Å². The van der Waals surface area contributed by atoms with Gasteiger partial charge in [0.15, 0.2) is 0 Å². The summed E-state index contributed by atoms with van der Waals surface area (Å²) in [6.07, 6.45) is 1.72. The molecular formula is C20H16OS. The molecule has 0 spiro atoms. The maximum Gasteiger partial charge on any atom is 0.126 e. The Kier molecular flexibility index (Phi) is 4.96. The minimum atomic E-state index is 0.838. The monoisotopic (exact) mass is 304 g/mol. The molecule has 2 heteroatoms. The lowest BCUT2D eigenvalue weighted by Crippen LogP contribution is -1.82. The van der Waals surface area contributed by atoms with Crippen LogP contribution in [0.25, 0.3) is 11.1 Å². The molecular weight excluding hydrogens is 288 g/mol. The van der Waals surface area contributed by atoms with E-state index in [1.807, 2.05) is 53.9 Å². The third-order valence-corrected chi connectivity index (χ3v) is 3.96. The molecule has 0 aliphatic rings. The average molecular weight is 304 g/mol. The van der Waals surface area contributed by atoms with Crippen LogP contribution in [-0.4, -0.2) is 0 Å². The van der Waals surface area contributed by atoms with Crippen molar-refractivity contribution in [1.29, 1.82) is 0 Å². The summed E-state index contributed by atoms with van der Waals surface area (Å²) in [7, 11) is 0. The molecule has 0 saturated carbocycles. The second-order valence-corrected chi connectivity index (χ2v) is 5.69. The van der Waals surface area contributed by atoms with Crippen molar-refractivity contribution < 1.29 is 4.74 Å². The van der Waals surface area contributed by atoms with Crippen molar-refractivity contribution in [3.8, 4) is 16.9 Å². The van der Waals surface area contributed by atoms with Crippen LogP contribution in [0, 0.1) is 0 Å². The van der Waals surface area contributed by atoms with Gasteiger partial charge >= 0.3 is 0 Å². The standard InChI is InChI=1S/C20H16OS/c1-3-7-17(8-4-1)18-11-13-19(14-12-18)21-15-16-22-20-9-5-2-6-10-20/h1-16H. The van der Waals surface area contributed by atoms with Gasteiger partial charge < -0.3 is 4.74 Å². The summed E-state index contributed by atoms with van der Waals surface area (Å²) >= 11 is 1.63. The highest BCUT2D eigenvalue weighted by atomic mass is 32.2. The number of thioether (sulfide) groups is 1. The first-order chi connectivity index (χ1) is 10.9. The lowest BCUT2D eigenvalue weighted by Gasteiger charge is -2.03. The molecule has 0 aliphatic carbocycles. The van der Waals surface area contributed by atoms with Crippen molar-refractivity contribution in [2.45, 2.75) is 4.90 Å². The molecule has 0 radical (unpaired) electrons. The van der Waals surface area contributed by atoms with Gasteiger partial charge in [0.05, 0.1) is 6.26 Å². The smallest absolute Gasteiger partial charge is 0.126 e. The van der Waals surface area contributed by atoms with Crippen LogP contribution in [0.5, 0.6) is 5.75 Å². The van der Waals surface area contributed by atoms with Crippen LogP contribution in [0.1, 0.15) is 0 Å². The third-order valence-electron chi connectivity index (χ3n) is 3.17. The Labute approximate surface area is 135 Å². The molecule has 0 aromatic heterocycles. The summed E-state index contributed by atoms with van der Waals surface area (Å²) < 4.78 is 5.62. The summed E-state index contributed by atoms with van der Waals surface area (Å²) in [5.41, 5.74) is 2.40. The fourth-order valence-corrected chi connectivity index (χ4v) is 2.65. The predicted octanol–water partition coefficient (Wildman–Crippen LogP) is 6.00. The van der Waals surface area contributed by atoms with Gasteiger partial charge in [0.25, 0.3) is 0 Å². The van der Waals surface area contributed by atoms with Gasteiger partial charge in [-0.15, -0.1) is 0 Å². The van der Waals surface area contributed by atoms with Crippen molar-refractivity contribution in [3.05, 3.63) is 96.6 Å². The highest BCUT2D eigenvalue weighted by Crippen LogP contribution is 2.23. The molecule has 0 amide bonds. The first kappa shape index (κ1) is 14.5.